The number of nitrogens with one attached hydrogen (secondary N) is 1. The third-order valence-corrected chi connectivity index (χ3v) is 9.51. The molecule has 4 aromatic carbocycles. The molecule has 0 saturated carbocycles. The standard InChI is InChI=1S/C35H38ClN3O5S/c1-4-26(2)37-35(41)33(22-27-12-7-5-8-13-27)38(24-28-14-9-6-10-15-28)34(40)25-39(30-17-11-16-29(36)23-30)45(42,43)32-20-18-31(44-3)19-21-32/h5-21,23,26,33H,4,22,24-25H2,1-3H3,(H,37,41)/t26-,33+/m0/s1. The van der Waals surface area contributed by atoms with Crippen LogP contribution in [0.4, 0.5) is 5.69 Å². The number of hydrogen-bond acceptors (Lipinski definition) is 5. The number of sulfonamides is 1. The minimum atomic E-state index is -4.25. The Morgan fingerprint density at radius 3 is 2.07 bits per heavy atom. The molecule has 0 spiro atoms. The van der Waals surface area contributed by atoms with Crippen LogP contribution in [0.1, 0.15) is 31.4 Å². The van der Waals surface area contributed by atoms with Gasteiger partial charge < -0.3 is 15.0 Å². The van der Waals surface area contributed by atoms with E-state index in [9.17, 15) is 18.0 Å². The monoisotopic (exact) mass is 647 g/mol. The van der Waals surface area contributed by atoms with Gasteiger partial charge in [0.05, 0.1) is 17.7 Å². The molecule has 0 bridgehead atoms. The second kappa shape index (κ2) is 15.6. The number of rotatable bonds is 14. The van der Waals surface area contributed by atoms with Crippen molar-refractivity contribution in [2.75, 3.05) is 18.0 Å². The molecular weight excluding hydrogens is 610 g/mol. The first-order valence-corrected chi connectivity index (χ1v) is 16.5. The SMILES string of the molecule is CC[C@H](C)NC(=O)[C@@H](Cc1ccccc1)N(Cc1ccccc1)C(=O)CN(c1cccc(Cl)c1)S(=O)(=O)c1ccc(OC)cc1. The van der Waals surface area contributed by atoms with Gasteiger partial charge in [-0.1, -0.05) is 85.3 Å². The largest absolute Gasteiger partial charge is 0.497 e. The highest BCUT2D eigenvalue weighted by Gasteiger charge is 2.35. The number of benzene rings is 4. The van der Waals surface area contributed by atoms with Crippen LogP contribution in [-0.4, -0.2) is 50.9 Å². The fraction of sp³-hybridized carbons (Fsp3) is 0.257. The highest BCUT2D eigenvalue weighted by molar-refractivity contribution is 7.92. The fourth-order valence-electron chi connectivity index (χ4n) is 4.81. The molecule has 8 nitrogen and oxygen atoms in total. The molecule has 0 radical (unpaired) electrons. The number of nitrogens with zero attached hydrogens (tertiary/aromatic N) is 2. The first-order chi connectivity index (χ1) is 21.6. The maximum Gasteiger partial charge on any atom is 0.264 e. The number of halogens is 1. The van der Waals surface area contributed by atoms with Crippen LogP contribution in [0.5, 0.6) is 5.75 Å². The van der Waals surface area contributed by atoms with E-state index in [1.54, 1.807) is 30.3 Å². The Bertz CT molecular complexity index is 1670. The number of hydrogen-bond donors (Lipinski definition) is 1. The Hall–Kier alpha value is -4.34. The van der Waals surface area contributed by atoms with Crippen molar-refractivity contribution < 1.29 is 22.7 Å². The molecule has 2 amide bonds. The Morgan fingerprint density at radius 2 is 1.49 bits per heavy atom. The molecule has 236 valence electrons. The van der Waals surface area contributed by atoms with Gasteiger partial charge in [-0.05, 0) is 66.9 Å². The van der Waals surface area contributed by atoms with Gasteiger partial charge >= 0.3 is 0 Å². The minimum absolute atomic E-state index is 0.0268. The lowest BCUT2D eigenvalue weighted by atomic mass is 10.0. The maximum atomic E-state index is 14.5. The molecule has 0 aromatic heterocycles. The summed E-state index contributed by atoms with van der Waals surface area (Å²) in [7, 11) is -2.76. The number of ether oxygens (including phenoxy) is 1. The van der Waals surface area contributed by atoms with E-state index in [1.807, 2.05) is 74.5 Å². The number of anilines is 1. The van der Waals surface area contributed by atoms with Crippen molar-refractivity contribution in [3.8, 4) is 5.75 Å². The first kappa shape index (κ1) is 33.6. The third-order valence-electron chi connectivity index (χ3n) is 7.49. The van der Waals surface area contributed by atoms with Crippen molar-refractivity contribution in [2.24, 2.45) is 0 Å². The molecule has 0 saturated heterocycles. The van der Waals surface area contributed by atoms with Gasteiger partial charge in [-0.3, -0.25) is 13.9 Å². The Balaban J connectivity index is 1.79. The van der Waals surface area contributed by atoms with E-state index in [1.165, 1.54) is 30.2 Å². The van der Waals surface area contributed by atoms with E-state index in [-0.39, 0.29) is 35.5 Å². The number of carbonyl (C=O) groups is 2. The van der Waals surface area contributed by atoms with E-state index < -0.39 is 28.5 Å². The molecular formula is C35H38ClN3O5S. The summed E-state index contributed by atoms with van der Waals surface area (Å²) in [4.78, 5) is 29.8. The molecule has 1 N–H and O–H groups in total. The average Bonchev–Trinajstić information content (AvgIpc) is 3.05. The van der Waals surface area contributed by atoms with Crippen LogP contribution in [0, 0.1) is 0 Å². The van der Waals surface area contributed by atoms with Gasteiger partial charge in [-0.25, -0.2) is 8.42 Å². The molecule has 0 fully saturated rings. The molecule has 2 atom stereocenters. The van der Waals surface area contributed by atoms with Crippen molar-refractivity contribution in [3.63, 3.8) is 0 Å². The van der Waals surface area contributed by atoms with Crippen LogP contribution in [-0.2, 0) is 32.6 Å². The summed E-state index contributed by atoms with van der Waals surface area (Å²) in [5, 5.41) is 3.35. The molecule has 0 aliphatic heterocycles. The smallest absolute Gasteiger partial charge is 0.264 e. The van der Waals surface area contributed by atoms with E-state index in [0.717, 1.165) is 15.4 Å². The van der Waals surface area contributed by atoms with Gasteiger partial charge in [-0.15, -0.1) is 0 Å². The van der Waals surface area contributed by atoms with Crippen molar-refractivity contribution in [2.45, 2.75) is 50.2 Å². The van der Waals surface area contributed by atoms with Crippen molar-refractivity contribution in [1.29, 1.82) is 0 Å². The van der Waals surface area contributed by atoms with Gasteiger partial charge in [0, 0.05) is 24.0 Å². The van der Waals surface area contributed by atoms with Gasteiger partial charge in [0.25, 0.3) is 10.0 Å². The van der Waals surface area contributed by atoms with Crippen LogP contribution >= 0.6 is 11.6 Å². The van der Waals surface area contributed by atoms with E-state index in [2.05, 4.69) is 5.32 Å². The minimum Gasteiger partial charge on any atom is -0.497 e. The Kier molecular flexibility index (Phi) is 11.6. The zero-order valence-corrected chi connectivity index (χ0v) is 27.2. The first-order valence-electron chi connectivity index (χ1n) is 14.7. The summed E-state index contributed by atoms with van der Waals surface area (Å²) >= 11 is 6.29. The quantitative estimate of drug-likeness (QED) is 0.179. The van der Waals surface area contributed by atoms with Crippen LogP contribution in [0.15, 0.2) is 114 Å². The van der Waals surface area contributed by atoms with Crippen LogP contribution in [0.2, 0.25) is 5.02 Å². The lowest BCUT2D eigenvalue weighted by molar-refractivity contribution is -0.140. The number of carbonyl (C=O) groups excluding carboxylic acids is 2. The number of amides is 2. The zero-order valence-electron chi connectivity index (χ0n) is 25.6. The highest BCUT2D eigenvalue weighted by Crippen LogP contribution is 2.28. The molecule has 0 aliphatic rings. The normalized spacial score (nSPS) is 12.5. The summed E-state index contributed by atoms with van der Waals surface area (Å²) in [6.07, 6.45) is 0.948. The van der Waals surface area contributed by atoms with Crippen LogP contribution in [0.25, 0.3) is 0 Å². The average molecular weight is 648 g/mol. The molecule has 0 heterocycles. The summed E-state index contributed by atoms with van der Waals surface area (Å²) in [5.74, 6) is -0.370. The Morgan fingerprint density at radius 1 is 0.867 bits per heavy atom. The second-order valence-electron chi connectivity index (χ2n) is 10.7. The topological polar surface area (TPSA) is 96.0 Å². The maximum absolute atomic E-state index is 14.5. The lowest BCUT2D eigenvalue weighted by Gasteiger charge is -2.34. The molecule has 4 aromatic rings. The second-order valence-corrected chi connectivity index (χ2v) is 13.0. The van der Waals surface area contributed by atoms with E-state index >= 15 is 0 Å². The molecule has 4 rings (SSSR count). The van der Waals surface area contributed by atoms with Gasteiger partial charge in [0.1, 0.15) is 18.3 Å². The molecule has 45 heavy (non-hydrogen) atoms. The summed E-state index contributed by atoms with van der Waals surface area (Å²) in [6, 6.07) is 30.0. The van der Waals surface area contributed by atoms with Gasteiger partial charge in [-0.2, -0.15) is 0 Å². The summed E-state index contributed by atoms with van der Waals surface area (Å²) < 4.78 is 34.5. The Labute approximate surface area is 270 Å². The highest BCUT2D eigenvalue weighted by atomic mass is 35.5. The van der Waals surface area contributed by atoms with Crippen molar-refractivity contribution in [1.82, 2.24) is 10.2 Å². The van der Waals surface area contributed by atoms with E-state index in [0.29, 0.717) is 17.2 Å². The van der Waals surface area contributed by atoms with Crippen molar-refractivity contribution in [3.05, 3.63) is 125 Å². The lowest BCUT2D eigenvalue weighted by Crippen LogP contribution is -2.54. The number of methoxy groups -OCH3 is 1. The summed E-state index contributed by atoms with van der Waals surface area (Å²) in [6.45, 7) is 3.40. The zero-order chi connectivity index (χ0) is 32.4. The van der Waals surface area contributed by atoms with Crippen molar-refractivity contribution >= 4 is 39.1 Å². The van der Waals surface area contributed by atoms with Crippen LogP contribution in [0.3, 0.4) is 0 Å². The fourth-order valence-corrected chi connectivity index (χ4v) is 6.40. The van der Waals surface area contributed by atoms with Gasteiger partial charge in [0.2, 0.25) is 11.8 Å². The molecule has 10 heteroatoms. The summed E-state index contributed by atoms with van der Waals surface area (Å²) in [5.41, 5.74) is 1.88. The molecule has 0 aliphatic carbocycles. The predicted octanol–water partition coefficient (Wildman–Crippen LogP) is 6.10. The third kappa shape index (κ3) is 8.86. The van der Waals surface area contributed by atoms with E-state index in [4.69, 9.17) is 16.3 Å². The predicted molar refractivity (Wildman–Crippen MR) is 178 cm³/mol. The van der Waals surface area contributed by atoms with Gasteiger partial charge in [0.15, 0.2) is 0 Å². The van der Waals surface area contributed by atoms with Crippen LogP contribution < -0.4 is 14.4 Å². The molecule has 0 unspecified atom stereocenters.